The van der Waals surface area contributed by atoms with Crippen LogP contribution in [0.25, 0.3) is 6.08 Å². The van der Waals surface area contributed by atoms with Gasteiger partial charge >= 0.3 is 0 Å². The van der Waals surface area contributed by atoms with Crippen LogP contribution in [0.1, 0.15) is 58.9 Å². The number of amides is 1. The molecule has 2 rings (SSSR count). The minimum atomic E-state index is -0.320. The average Bonchev–Trinajstić information content (AvgIpc) is 2.57. The molecule has 104 valence electrons. The molecule has 0 saturated carbocycles. The highest BCUT2D eigenvalue weighted by atomic mass is 16.3. The van der Waals surface area contributed by atoms with Crippen molar-refractivity contribution in [2.24, 2.45) is 5.41 Å². The van der Waals surface area contributed by atoms with Gasteiger partial charge < -0.3 is 9.32 Å². The van der Waals surface area contributed by atoms with Crippen molar-refractivity contribution >= 4 is 12.0 Å². The van der Waals surface area contributed by atoms with Crippen LogP contribution in [0.5, 0.6) is 0 Å². The SMILES string of the molecule is CC(C)(C)C1C(=O)N(C(C)(C)C)C=Cc2ncoc21. The van der Waals surface area contributed by atoms with Crippen molar-refractivity contribution in [1.29, 1.82) is 0 Å². The van der Waals surface area contributed by atoms with Gasteiger partial charge in [-0.05, 0) is 32.3 Å². The number of oxazole rings is 1. The van der Waals surface area contributed by atoms with Gasteiger partial charge in [0.05, 0.1) is 0 Å². The van der Waals surface area contributed by atoms with E-state index < -0.39 is 0 Å². The summed E-state index contributed by atoms with van der Waals surface area (Å²) in [4.78, 5) is 18.9. The first-order valence-corrected chi connectivity index (χ1v) is 6.57. The van der Waals surface area contributed by atoms with E-state index in [1.165, 1.54) is 6.39 Å². The second-order valence-electron chi connectivity index (χ2n) is 7.10. The van der Waals surface area contributed by atoms with Crippen molar-refractivity contribution in [3.05, 3.63) is 24.0 Å². The van der Waals surface area contributed by atoms with Gasteiger partial charge in [-0.25, -0.2) is 4.98 Å². The van der Waals surface area contributed by atoms with Crippen LogP contribution in [0.4, 0.5) is 0 Å². The predicted octanol–water partition coefficient (Wildman–Crippen LogP) is 3.42. The molecule has 1 amide bonds. The van der Waals surface area contributed by atoms with Crippen molar-refractivity contribution in [2.75, 3.05) is 0 Å². The van der Waals surface area contributed by atoms with E-state index in [9.17, 15) is 4.79 Å². The normalized spacial score (nSPS) is 20.4. The van der Waals surface area contributed by atoms with Gasteiger partial charge in [-0.3, -0.25) is 4.79 Å². The fraction of sp³-hybridized carbons (Fsp3) is 0.600. The first-order chi connectivity index (χ1) is 8.62. The summed E-state index contributed by atoms with van der Waals surface area (Å²) in [6.07, 6.45) is 5.08. The van der Waals surface area contributed by atoms with Gasteiger partial charge in [0.25, 0.3) is 0 Å². The molecule has 0 aliphatic carbocycles. The second kappa shape index (κ2) is 4.22. The maximum Gasteiger partial charge on any atom is 0.238 e. The minimum absolute atomic E-state index is 0.0618. The molecule has 1 unspecified atom stereocenters. The summed E-state index contributed by atoms with van der Waals surface area (Å²) in [6, 6.07) is 0. The number of fused-ring (bicyclic) bond motifs is 1. The molecule has 0 saturated heterocycles. The zero-order chi connectivity index (χ0) is 14.4. The number of carbonyl (C=O) groups excluding carboxylic acids is 1. The molecular formula is C15H22N2O2. The lowest BCUT2D eigenvalue weighted by Crippen LogP contribution is -2.46. The summed E-state index contributed by atoms with van der Waals surface area (Å²) in [5.41, 5.74) is 0.265. The fourth-order valence-electron chi connectivity index (χ4n) is 2.39. The highest BCUT2D eigenvalue weighted by Gasteiger charge is 2.42. The van der Waals surface area contributed by atoms with E-state index in [0.29, 0.717) is 5.76 Å². The number of hydrogen-bond donors (Lipinski definition) is 0. The molecule has 0 aromatic carbocycles. The lowest BCUT2D eigenvalue weighted by molar-refractivity contribution is -0.136. The third-order valence-electron chi connectivity index (χ3n) is 3.34. The fourth-order valence-corrected chi connectivity index (χ4v) is 2.39. The van der Waals surface area contributed by atoms with Crippen LogP contribution in [0, 0.1) is 5.41 Å². The number of hydrogen-bond acceptors (Lipinski definition) is 3. The van der Waals surface area contributed by atoms with Crippen LogP contribution in [-0.4, -0.2) is 21.3 Å². The summed E-state index contributed by atoms with van der Waals surface area (Å²) in [6.45, 7) is 12.2. The molecule has 4 heteroatoms. The zero-order valence-electron chi connectivity index (χ0n) is 12.5. The Kier molecular flexibility index (Phi) is 3.07. The minimum Gasteiger partial charge on any atom is -0.447 e. The Hall–Kier alpha value is -1.58. The van der Waals surface area contributed by atoms with Crippen LogP contribution in [0.15, 0.2) is 17.0 Å². The van der Waals surface area contributed by atoms with Gasteiger partial charge in [-0.1, -0.05) is 20.8 Å². The van der Waals surface area contributed by atoms with E-state index in [-0.39, 0.29) is 22.8 Å². The topological polar surface area (TPSA) is 46.3 Å². The van der Waals surface area contributed by atoms with Gasteiger partial charge in [0.2, 0.25) is 5.91 Å². The maximum atomic E-state index is 12.9. The third-order valence-corrected chi connectivity index (χ3v) is 3.34. The van der Waals surface area contributed by atoms with Crippen LogP contribution in [-0.2, 0) is 4.79 Å². The Labute approximate surface area is 114 Å². The van der Waals surface area contributed by atoms with Crippen molar-refractivity contribution in [2.45, 2.75) is 53.0 Å². The molecule has 0 radical (unpaired) electrons. The van der Waals surface area contributed by atoms with E-state index in [1.54, 1.807) is 4.90 Å². The largest absolute Gasteiger partial charge is 0.447 e. The molecule has 2 heterocycles. The summed E-state index contributed by atoms with van der Waals surface area (Å²) < 4.78 is 5.50. The van der Waals surface area contributed by atoms with Crippen molar-refractivity contribution in [1.82, 2.24) is 9.88 Å². The van der Waals surface area contributed by atoms with E-state index in [2.05, 4.69) is 4.98 Å². The second-order valence-corrected chi connectivity index (χ2v) is 7.10. The maximum absolute atomic E-state index is 12.9. The number of rotatable bonds is 0. The summed E-state index contributed by atoms with van der Waals surface area (Å²) in [5.74, 6) is 0.409. The molecule has 1 aromatic heterocycles. The smallest absolute Gasteiger partial charge is 0.238 e. The number of carbonyl (C=O) groups is 1. The quantitative estimate of drug-likeness (QED) is 0.719. The molecule has 19 heavy (non-hydrogen) atoms. The molecule has 0 N–H and O–H groups in total. The molecule has 0 fully saturated rings. The average molecular weight is 262 g/mol. The highest BCUT2D eigenvalue weighted by molar-refractivity contribution is 5.88. The number of aromatic nitrogens is 1. The Morgan fingerprint density at radius 2 is 1.84 bits per heavy atom. The molecular weight excluding hydrogens is 240 g/mol. The standard InChI is InChI=1S/C15H22N2O2/c1-14(2,3)11-12-10(16-9-19-12)7-8-17(13(11)18)15(4,5)6/h7-9,11H,1-6H3. The molecule has 1 atom stereocenters. The zero-order valence-corrected chi connectivity index (χ0v) is 12.5. The summed E-state index contributed by atoms with van der Waals surface area (Å²) in [5, 5.41) is 0. The predicted molar refractivity (Wildman–Crippen MR) is 74.3 cm³/mol. The molecule has 0 spiro atoms. The third kappa shape index (κ3) is 2.44. The van der Waals surface area contributed by atoms with E-state index in [1.807, 2.05) is 53.8 Å². The summed E-state index contributed by atoms with van der Waals surface area (Å²) >= 11 is 0. The lowest BCUT2D eigenvalue weighted by atomic mass is 9.77. The van der Waals surface area contributed by atoms with Gasteiger partial charge in [0.1, 0.15) is 17.4 Å². The Balaban J connectivity index is 2.57. The van der Waals surface area contributed by atoms with E-state index in [0.717, 1.165) is 5.69 Å². The van der Waals surface area contributed by atoms with Crippen LogP contribution >= 0.6 is 0 Å². The Morgan fingerprint density at radius 3 is 2.37 bits per heavy atom. The summed E-state index contributed by atoms with van der Waals surface area (Å²) in [7, 11) is 0. The molecule has 1 aliphatic heterocycles. The Morgan fingerprint density at radius 1 is 1.21 bits per heavy atom. The van der Waals surface area contributed by atoms with Gasteiger partial charge in [-0.2, -0.15) is 0 Å². The van der Waals surface area contributed by atoms with Gasteiger partial charge in [0.15, 0.2) is 6.39 Å². The molecule has 1 aromatic rings. The Bertz CT molecular complexity index is 515. The van der Waals surface area contributed by atoms with E-state index >= 15 is 0 Å². The highest BCUT2D eigenvalue weighted by Crippen LogP contribution is 2.41. The van der Waals surface area contributed by atoms with Crippen LogP contribution in [0.3, 0.4) is 0 Å². The van der Waals surface area contributed by atoms with Gasteiger partial charge in [0, 0.05) is 11.7 Å². The first-order valence-electron chi connectivity index (χ1n) is 6.57. The van der Waals surface area contributed by atoms with Crippen molar-refractivity contribution in [3.8, 4) is 0 Å². The first kappa shape index (κ1) is 13.8. The van der Waals surface area contributed by atoms with Gasteiger partial charge in [-0.15, -0.1) is 0 Å². The van der Waals surface area contributed by atoms with Crippen molar-refractivity contribution in [3.63, 3.8) is 0 Å². The van der Waals surface area contributed by atoms with Crippen molar-refractivity contribution < 1.29 is 9.21 Å². The number of nitrogens with zero attached hydrogens (tertiary/aromatic N) is 2. The van der Waals surface area contributed by atoms with Crippen LogP contribution in [0.2, 0.25) is 0 Å². The molecule has 1 aliphatic rings. The van der Waals surface area contributed by atoms with Crippen LogP contribution < -0.4 is 0 Å². The molecule has 0 bridgehead atoms. The lowest BCUT2D eigenvalue weighted by Gasteiger charge is -2.37. The monoisotopic (exact) mass is 262 g/mol. The molecule has 4 nitrogen and oxygen atoms in total. The van der Waals surface area contributed by atoms with E-state index in [4.69, 9.17) is 4.42 Å².